The summed E-state index contributed by atoms with van der Waals surface area (Å²) >= 11 is 0. The average molecular weight is 273 g/mol. The Bertz CT molecular complexity index is 478. The summed E-state index contributed by atoms with van der Waals surface area (Å²) in [5, 5.41) is 9.32. The maximum absolute atomic E-state index is 9.32. The van der Waals surface area contributed by atoms with E-state index in [1.165, 1.54) is 23.6 Å². The van der Waals surface area contributed by atoms with Crippen molar-refractivity contribution in [2.24, 2.45) is 0 Å². The van der Waals surface area contributed by atoms with E-state index in [1.807, 2.05) is 6.07 Å². The third kappa shape index (κ3) is 3.26. The maximum atomic E-state index is 9.32. The van der Waals surface area contributed by atoms with Gasteiger partial charge in [-0.2, -0.15) is 5.26 Å². The van der Waals surface area contributed by atoms with Gasteiger partial charge in [-0.25, -0.2) is 0 Å². The van der Waals surface area contributed by atoms with E-state index < -0.39 is 8.32 Å². The fraction of sp³-hybridized carbons (Fsp3) is 0.562. The highest BCUT2D eigenvalue weighted by atomic mass is 28.4. The van der Waals surface area contributed by atoms with Crippen LogP contribution in [0.15, 0.2) is 24.3 Å². The van der Waals surface area contributed by atoms with E-state index in [0.29, 0.717) is 0 Å². The van der Waals surface area contributed by atoms with Crippen LogP contribution >= 0.6 is 0 Å². The third-order valence-electron chi connectivity index (χ3n) is 3.99. The molecule has 1 aromatic carbocycles. The quantitative estimate of drug-likeness (QED) is 0.744. The Kier molecular flexibility index (Phi) is 4.44. The molecule has 1 fully saturated rings. The maximum Gasteiger partial charge on any atom is 0.187 e. The van der Waals surface area contributed by atoms with Gasteiger partial charge in [0.25, 0.3) is 0 Å². The van der Waals surface area contributed by atoms with Gasteiger partial charge in [-0.05, 0) is 43.1 Å². The Balaban J connectivity index is 2.32. The lowest BCUT2D eigenvalue weighted by molar-refractivity contribution is 0.162. The predicted octanol–water partition coefficient (Wildman–Crippen LogP) is 4.76. The highest BCUT2D eigenvalue weighted by Crippen LogP contribution is 2.38. The molecule has 0 bridgehead atoms. The molecule has 0 spiro atoms. The van der Waals surface area contributed by atoms with Gasteiger partial charge in [-0.3, -0.25) is 0 Å². The van der Waals surface area contributed by atoms with Crippen LogP contribution in [0, 0.1) is 11.3 Å². The first-order valence-corrected chi connectivity index (χ1v) is 10.3. The molecule has 2 rings (SSSR count). The number of rotatable bonds is 3. The Morgan fingerprint density at radius 3 is 2.79 bits per heavy atom. The van der Waals surface area contributed by atoms with Gasteiger partial charge in [-0.1, -0.05) is 37.6 Å². The summed E-state index contributed by atoms with van der Waals surface area (Å²) in [4.78, 5) is 0. The lowest BCUT2D eigenvalue weighted by Gasteiger charge is -2.36. The lowest BCUT2D eigenvalue weighted by atomic mass is 9.89. The van der Waals surface area contributed by atoms with Crippen molar-refractivity contribution in [2.75, 3.05) is 0 Å². The molecule has 1 aliphatic rings. The molecule has 1 saturated heterocycles. The van der Waals surface area contributed by atoms with E-state index in [-0.39, 0.29) is 12.0 Å². The topological polar surface area (TPSA) is 33.0 Å². The van der Waals surface area contributed by atoms with Crippen molar-refractivity contribution < 1.29 is 4.43 Å². The normalized spacial score (nSPS) is 23.6. The highest BCUT2D eigenvalue weighted by molar-refractivity contribution is 6.71. The summed E-state index contributed by atoms with van der Waals surface area (Å²) in [7, 11) is -1.50. The first-order valence-electron chi connectivity index (χ1n) is 7.23. The third-order valence-corrected chi connectivity index (χ3v) is 6.47. The van der Waals surface area contributed by atoms with Crippen LogP contribution in [-0.4, -0.2) is 8.32 Å². The van der Waals surface area contributed by atoms with Crippen LogP contribution in [0.5, 0.6) is 0 Å². The van der Waals surface area contributed by atoms with Crippen molar-refractivity contribution in [2.45, 2.75) is 57.3 Å². The predicted molar refractivity (Wildman–Crippen MR) is 80.4 cm³/mol. The van der Waals surface area contributed by atoms with Crippen LogP contribution < -0.4 is 0 Å². The molecule has 1 aromatic rings. The first-order chi connectivity index (χ1) is 9.07. The molecule has 2 nitrogen and oxygen atoms in total. The second kappa shape index (κ2) is 5.90. The molecular formula is C16H23NOSi. The van der Waals surface area contributed by atoms with Gasteiger partial charge in [-0.15, -0.1) is 0 Å². The second-order valence-electron chi connectivity index (χ2n) is 5.98. The number of nitriles is 1. The minimum atomic E-state index is -1.50. The molecule has 1 heterocycles. The van der Waals surface area contributed by atoms with E-state index in [1.54, 1.807) is 0 Å². The van der Waals surface area contributed by atoms with Crippen LogP contribution in [0.3, 0.4) is 0 Å². The van der Waals surface area contributed by atoms with E-state index in [2.05, 4.69) is 44.3 Å². The zero-order valence-electron chi connectivity index (χ0n) is 12.1. The summed E-state index contributed by atoms with van der Waals surface area (Å²) in [6, 6.07) is 12.0. The Morgan fingerprint density at radius 1 is 1.42 bits per heavy atom. The molecule has 2 unspecified atom stereocenters. The number of hydrogen-bond acceptors (Lipinski definition) is 2. The fourth-order valence-electron chi connectivity index (χ4n) is 2.94. The van der Waals surface area contributed by atoms with Gasteiger partial charge < -0.3 is 4.43 Å². The van der Waals surface area contributed by atoms with Crippen LogP contribution in [-0.2, 0) is 4.43 Å². The Morgan fingerprint density at radius 2 is 2.16 bits per heavy atom. The molecule has 2 atom stereocenters. The van der Waals surface area contributed by atoms with E-state index in [0.717, 1.165) is 12.8 Å². The molecule has 0 aromatic heterocycles. The zero-order valence-corrected chi connectivity index (χ0v) is 13.1. The van der Waals surface area contributed by atoms with E-state index in [4.69, 9.17) is 4.43 Å². The summed E-state index contributed by atoms with van der Waals surface area (Å²) in [6.45, 7) is 6.66. The lowest BCUT2D eigenvalue weighted by Crippen LogP contribution is -2.36. The molecule has 0 saturated carbocycles. The van der Waals surface area contributed by atoms with Crippen molar-refractivity contribution >= 4 is 8.32 Å². The minimum absolute atomic E-state index is 0.00787. The molecule has 3 heteroatoms. The van der Waals surface area contributed by atoms with Gasteiger partial charge in [0.15, 0.2) is 8.32 Å². The van der Waals surface area contributed by atoms with Crippen LogP contribution in [0.4, 0.5) is 0 Å². The van der Waals surface area contributed by atoms with Crippen molar-refractivity contribution in [1.29, 1.82) is 5.26 Å². The van der Waals surface area contributed by atoms with Gasteiger partial charge in [0, 0.05) is 0 Å². The molecule has 102 valence electrons. The molecule has 1 aliphatic heterocycles. The second-order valence-corrected chi connectivity index (χ2v) is 10.2. The molecule has 0 amide bonds. The number of benzene rings is 1. The minimum Gasteiger partial charge on any atom is -0.410 e. The molecule has 0 radical (unpaired) electrons. The molecule has 0 N–H and O–H groups in total. The van der Waals surface area contributed by atoms with Crippen molar-refractivity contribution in [3.63, 3.8) is 0 Å². The van der Waals surface area contributed by atoms with Crippen molar-refractivity contribution in [1.82, 2.24) is 0 Å². The van der Waals surface area contributed by atoms with Crippen molar-refractivity contribution in [3.8, 4) is 6.07 Å². The standard InChI is InChI=1S/C16H23NOSi/c1-4-13(12-17)14-8-5-6-9-15(14)16-10-7-11-19(2,3)18-16/h5-6,8-9,13,16H,4,7,10-11H2,1-3H3. The van der Waals surface area contributed by atoms with E-state index in [9.17, 15) is 5.26 Å². The largest absolute Gasteiger partial charge is 0.410 e. The molecule has 0 aliphatic carbocycles. The summed E-state index contributed by atoms with van der Waals surface area (Å²) in [5.41, 5.74) is 2.42. The molecule has 19 heavy (non-hydrogen) atoms. The summed E-state index contributed by atoms with van der Waals surface area (Å²) < 4.78 is 6.37. The summed E-state index contributed by atoms with van der Waals surface area (Å²) in [5.74, 6) is -0.00787. The monoisotopic (exact) mass is 273 g/mol. The fourth-order valence-corrected chi connectivity index (χ4v) is 5.13. The van der Waals surface area contributed by atoms with Gasteiger partial charge in [0.05, 0.1) is 18.1 Å². The zero-order chi connectivity index (χ0) is 13.9. The highest BCUT2D eigenvalue weighted by Gasteiger charge is 2.33. The van der Waals surface area contributed by atoms with Crippen molar-refractivity contribution in [3.05, 3.63) is 35.4 Å². The van der Waals surface area contributed by atoms with Crippen LogP contribution in [0.1, 0.15) is 49.3 Å². The van der Waals surface area contributed by atoms with Gasteiger partial charge in [0.2, 0.25) is 0 Å². The van der Waals surface area contributed by atoms with Crippen LogP contribution in [0.25, 0.3) is 0 Å². The van der Waals surface area contributed by atoms with E-state index >= 15 is 0 Å². The average Bonchev–Trinajstić information content (AvgIpc) is 2.39. The van der Waals surface area contributed by atoms with Crippen LogP contribution in [0.2, 0.25) is 19.1 Å². The Hall–Kier alpha value is -1.11. The number of nitrogens with zero attached hydrogens (tertiary/aromatic N) is 1. The Labute approximate surface area is 117 Å². The number of hydrogen-bond donors (Lipinski definition) is 0. The smallest absolute Gasteiger partial charge is 0.187 e. The van der Waals surface area contributed by atoms with Gasteiger partial charge >= 0.3 is 0 Å². The molecular weight excluding hydrogens is 250 g/mol. The first kappa shape index (κ1) is 14.3. The SMILES string of the molecule is CCC(C#N)c1ccccc1C1CCC[Si](C)(C)O1. The van der Waals surface area contributed by atoms with Gasteiger partial charge in [0.1, 0.15) is 0 Å². The summed E-state index contributed by atoms with van der Waals surface area (Å²) in [6.07, 6.45) is 3.41.